The molecule has 1 aromatic carbocycles. The average Bonchev–Trinajstić information content (AvgIpc) is 2.59. The van der Waals surface area contributed by atoms with E-state index in [1.165, 1.54) is 12.1 Å². The lowest BCUT2D eigenvalue weighted by molar-refractivity contribution is -0.141. The highest BCUT2D eigenvalue weighted by Crippen LogP contribution is 2.60. The second-order valence-electron chi connectivity index (χ2n) is 8.10. The lowest BCUT2D eigenvalue weighted by Crippen LogP contribution is -2.84. The molecule has 0 aliphatic heterocycles. The van der Waals surface area contributed by atoms with Crippen molar-refractivity contribution in [2.45, 2.75) is 44.2 Å². The molecule has 2 N–H and O–H groups in total. The van der Waals surface area contributed by atoms with Crippen LogP contribution in [0.3, 0.4) is 0 Å². The van der Waals surface area contributed by atoms with E-state index < -0.39 is 5.82 Å². The van der Waals surface area contributed by atoms with Gasteiger partial charge in [0.1, 0.15) is 11.6 Å². The van der Waals surface area contributed by atoms with Gasteiger partial charge in [0.25, 0.3) is 11.8 Å². The van der Waals surface area contributed by atoms with Crippen LogP contribution in [0.1, 0.15) is 40.9 Å². The molecule has 0 atom stereocenters. The number of halogens is 2. The molecule has 0 radical (unpaired) electrons. The molecule has 3 aliphatic rings. The Bertz CT molecular complexity index is 991. The Morgan fingerprint density at radius 1 is 1.17 bits per heavy atom. The van der Waals surface area contributed by atoms with Crippen LogP contribution in [0.15, 0.2) is 30.5 Å². The van der Waals surface area contributed by atoms with Crippen LogP contribution < -0.4 is 15.4 Å². The van der Waals surface area contributed by atoms with E-state index in [9.17, 15) is 14.0 Å². The van der Waals surface area contributed by atoms with Gasteiger partial charge in [-0.2, -0.15) is 0 Å². The van der Waals surface area contributed by atoms with Gasteiger partial charge in [-0.25, -0.2) is 4.39 Å². The van der Waals surface area contributed by atoms with E-state index >= 15 is 0 Å². The number of aryl methyl sites for hydroxylation is 2. The normalized spacial score (nSPS) is 24.1. The van der Waals surface area contributed by atoms with Crippen molar-refractivity contribution in [3.8, 4) is 5.75 Å². The zero-order valence-corrected chi connectivity index (χ0v) is 16.9. The van der Waals surface area contributed by atoms with Gasteiger partial charge in [0, 0.05) is 29.0 Å². The zero-order valence-electron chi connectivity index (χ0n) is 16.1. The summed E-state index contributed by atoms with van der Waals surface area (Å²) in [6.07, 6.45) is 3.65. The zero-order chi connectivity index (χ0) is 20.8. The first-order chi connectivity index (χ1) is 13.7. The molecule has 152 valence electrons. The molecule has 8 heteroatoms. The van der Waals surface area contributed by atoms with E-state index in [1.54, 1.807) is 6.20 Å². The summed E-state index contributed by atoms with van der Waals surface area (Å²) in [6, 6.07) is 5.91. The molecule has 2 aromatic rings. The van der Waals surface area contributed by atoms with Crippen molar-refractivity contribution >= 4 is 23.4 Å². The maximum absolute atomic E-state index is 13.4. The van der Waals surface area contributed by atoms with Crippen LogP contribution >= 0.6 is 11.6 Å². The monoisotopic (exact) mass is 417 g/mol. The molecule has 1 aromatic heterocycles. The summed E-state index contributed by atoms with van der Waals surface area (Å²) in [5, 5.41) is 6.05. The van der Waals surface area contributed by atoms with Crippen molar-refractivity contribution < 1.29 is 18.7 Å². The Morgan fingerprint density at radius 3 is 2.52 bits per heavy atom. The van der Waals surface area contributed by atoms with Gasteiger partial charge < -0.3 is 15.4 Å². The quantitative estimate of drug-likeness (QED) is 0.756. The highest BCUT2D eigenvalue weighted by Gasteiger charge is 2.69. The van der Waals surface area contributed by atoms with Crippen LogP contribution in [0.4, 0.5) is 4.39 Å². The average molecular weight is 418 g/mol. The summed E-state index contributed by atoms with van der Waals surface area (Å²) in [6.45, 7) is 3.56. The van der Waals surface area contributed by atoms with Gasteiger partial charge in [-0.3, -0.25) is 14.6 Å². The smallest absolute Gasteiger partial charge is 0.258 e. The maximum atomic E-state index is 13.4. The predicted octanol–water partition coefficient (Wildman–Crippen LogP) is 3.09. The third kappa shape index (κ3) is 3.79. The number of pyridine rings is 1. The molecule has 2 amide bonds. The Labute approximate surface area is 172 Å². The van der Waals surface area contributed by atoms with Gasteiger partial charge in [-0.05, 0) is 56.9 Å². The number of benzene rings is 1. The van der Waals surface area contributed by atoms with Crippen molar-refractivity contribution in [3.05, 3.63) is 58.1 Å². The molecule has 0 saturated heterocycles. The van der Waals surface area contributed by atoms with Crippen LogP contribution in [0, 0.1) is 19.7 Å². The summed E-state index contributed by atoms with van der Waals surface area (Å²) in [5.41, 5.74) is 1.78. The van der Waals surface area contributed by atoms with Crippen molar-refractivity contribution in [1.82, 2.24) is 15.6 Å². The largest absolute Gasteiger partial charge is 0.484 e. The molecule has 1 heterocycles. The summed E-state index contributed by atoms with van der Waals surface area (Å²) in [7, 11) is 0. The van der Waals surface area contributed by atoms with Gasteiger partial charge in [-0.15, -0.1) is 0 Å². The lowest BCUT2D eigenvalue weighted by atomic mass is 9.44. The molecule has 0 spiro atoms. The van der Waals surface area contributed by atoms with E-state index in [4.69, 9.17) is 16.3 Å². The first-order valence-corrected chi connectivity index (χ1v) is 9.72. The molecule has 0 unspecified atom stereocenters. The minimum Gasteiger partial charge on any atom is -0.484 e. The van der Waals surface area contributed by atoms with Crippen molar-refractivity contribution in [2.75, 3.05) is 6.61 Å². The molecular formula is C21H21ClFN3O3. The van der Waals surface area contributed by atoms with Gasteiger partial charge >= 0.3 is 0 Å². The van der Waals surface area contributed by atoms with Gasteiger partial charge in [0.15, 0.2) is 6.61 Å². The second kappa shape index (κ2) is 6.99. The topological polar surface area (TPSA) is 80.3 Å². The molecule has 29 heavy (non-hydrogen) atoms. The number of rotatable bonds is 6. The fourth-order valence-electron chi connectivity index (χ4n) is 4.34. The van der Waals surface area contributed by atoms with Gasteiger partial charge in [-0.1, -0.05) is 11.6 Å². The number of hydrogen-bond donors (Lipinski definition) is 2. The Kier molecular flexibility index (Phi) is 4.73. The number of ether oxygens (including phenoxy) is 1. The van der Waals surface area contributed by atoms with Gasteiger partial charge in [0.2, 0.25) is 0 Å². The van der Waals surface area contributed by atoms with E-state index in [1.807, 2.05) is 19.9 Å². The highest BCUT2D eigenvalue weighted by atomic mass is 35.5. The van der Waals surface area contributed by atoms with Gasteiger partial charge in [0.05, 0.1) is 10.6 Å². The maximum Gasteiger partial charge on any atom is 0.258 e. The summed E-state index contributed by atoms with van der Waals surface area (Å²) < 4.78 is 18.7. The standard InChI is InChI=1S/C21H21ClFN3O3/c1-12-5-13(2)24-7-15(12)19(28)26-21-9-20(10-21,11-21)25-18(27)8-29-14-3-4-16(22)17(23)6-14/h3-7H,8-11H2,1-2H3,(H,25,27)(H,26,28). The number of carbonyl (C=O) groups is 2. The minimum atomic E-state index is -0.597. The number of hydrogen-bond acceptors (Lipinski definition) is 4. The summed E-state index contributed by atoms with van der Waals surface area (Å²) in [4.78, 5) is 28.9. The molecule has 3 saturated carbocycles. The Balaban J connectivity index is 1.26. The molecular weight excluding hydrogens is 397 g/mol. The number of nitrogens with one attached hydrogen (secondary N) is 2. The Hall–Kier alpha value is -2.67. The first kappa shape index (κ1) is 19.6. The predicted molar refractivity (Wildman–Crippen MR) is 106 cm³/mol. The fraction of sp³-hybridized carbons (Fsp3) is 0.381. The van der Waals surface area contributed by atoms with Crippen LogP contribution in [0.2, 0.25) is 5.02 Å². The van der Waals surface area contributed by atoms with E-state index in [2.05, 4.69) is 15.6 Å². The first-order valence-electron chi connectivity index (χ1n) is 9.34. The second-order valence-corrected chi connectivity index (χ2v) is 8.51. The molecule has 2 bridgehead atoms. The summed E-state index contributed by atoms with van der Waals surface area (Å²) >= 11 is 5.62. The number of carbonyl (C=O) groups excluding carboxylic acids is 2. The van der Waals surface area contributed by atoms with E-state index in [0.717, 1.165) is 17.3 Å². The number of amides is 2. The van der Waals surface area contributed by atoms with E-state index in [-0.39, 0.29) is 40.3 Å². The minimum absolute atomic E-state index is 0.000347. The summed E-state index contributed by atoms with van der Waals surface area (Å²) in [5.74, 6) is -0.771. The van der Waals surface area contributed by atoms with Crippen LogP contribution in [0.5, 0.6) is 5.75 Å². The SMILES string of the molecule is Cc1cc(C)c(C(=O)NC23CC(NC(=O)COc4ccc(Cl)c(F)c4)(C2)C3)cn1. The number of aromatic nitrogens is 1. The van der Waals surface area contributed by atoms with Crippen LogP contribution in [-0.2, 0) is 4.79 Å². The third-order valence-electron chi connectivity index (χ3n) is 5.57. The fourth-order valence-corrected chi connectivity index (χ4v) is 4.46. The number of nitrogens with zero attached hydrogens (tertiary/aromatic N) is 1. The third-order valence-corrected chi connectivity index (χ3v) is 5.87. The van der Waals surface area contributed by atoms with Crippen molar-refractivity contribution in [1.29, 1.82) is 0 Å². The van der Waals surface area contributed by atoms with Crippen molar-refractivity contribution in [3.63, 3.8) is 0 Å². The van der Waals surface area contributed by atoms with Crippen LogP contribution in [-0.4, -0.2) is 34.5 Å². The molecule has 6 nitrogen and oxygen atoms in total. The highest BCUT2D eigenvalue weighted by molar-refractivity contribution is 6.30. The molecule has 5 rings (SSSR count). The Morgan fingerprint density at radius 2 is 1.86 bits per heavy atom. The molecule has 3 fully saturated rings. The van der Waals surface area contributed by atoms with Crippen LogP contribution in [0.25, 0.3) is 0 Å². The lowest BCUT2D eigenvalue weighted by Gasteiger charge is -2.70. The molecule has 3 aliphatic carbocycles. The van der Waals surface area contributed by atoms with E-state index in [0.29, 0.717) is 24.8 Å². The van der Waals surface area contributed by atoms with Crippen molar-refractivity contribution in [2.24, 2.45) is 0 Å².